The maximum Gasteiger partial charge on any atom is 0.326 e. The van der Waals surface area contributed by atoms with E-state index in [1.54, 1.807) is 18.2 Å². The molecule has 1 atom stereocenters. The first-order valence-corrected chi connectivity index (χ1v) is 7.58. The Morgan fingerprint density at radius 2 is 1.64 bits per heavy atom. The number of aliphatic carboxylic acids is 2. The summed E-state index contributed by atoms with van der Waals surface area (Å²) < 4.78 is 0. The number of nitrogens with one attached hydrogen (secondary N) is 1. The Morgan fingerprint density at radius 3 is 2.32 bits per heavy atom. The summed E-state index contributed by atoms with van der Waals surface area (Å²) in [6.07, 6.45) is -0.561. The largest absolute Gasteiger partial charge is 0.481 e. The molecule has 0 saturated carbocycles. The van der Waals surface area contributed by atoms with Crippen LogP contribution in [0.1, 0.15) is 6.42 Å². The minimum absolute atomic E-state index is 0.290. The Kier molecular flexibility index (Phi) is 4.56. The Morgan fingerprint density at radius 1 is 0.960 bits per heavy atom. The van der Waals surface area contributed by atoms with Crippen molar-refractivity contribution in [3.63, 3.8) is 0 Å². The van der Waals surface area contributed by atoms with E-state index < -0.39 is 24.4 Å². The SMILES string of the molecule is O=C(O)C[C@H](Nc1nc(-c2ccccc2)nc2ccccc12)C(=O)O. The number of aromatic nitrogens is 2. The second-order valence-corrected chi connectivity index (χ2v) is 5.41. The zero-order chi connectivity index (χ0) is 17.8. The van der Waals surface area contributed by atoms with Gasteiger partial charge in [-0.2, -0.15) is 0 Å². The van der Waals surface area contributed by atoms with E-state index >= 15 is 0 Å². The molecule has 0 fully saturated rings. The van der Waals surface area contributed by atoms with Gasteiger partial charge in [0.15, 0.2) is 5.82 Å². The molecule has 1 heterocycles. The molecule has 0 amide bonds. The number of carbonyl (C=O) groups is 2. The van der Waals surface area contributed by atoms with Gasteiger partial charge in [-0.05, 0) is 12.1 Å². The highest BCUT2D eigenvalue weighted by molar-refractivity contribution is 5.93. The van der Waals surface area contributed by atoms with Crippen LogP contribution in [0.25, 0.3) is 22.3 Å². The van der Waals surface area contributed by atoms with Crippen molar-refractivity contribution in [1.82, 2.24) is 9.97 Å². The van der Waals surface area contributed by atoms with Crippen molar-refractivity contribution in [3.8, 4) is 11.4 Å². The van der Waals surface area contributed by atoms with Gasteiger partial charge in [0.1, 0.15) is 11.9 Å². The molecule has 0 aliphatic rings. The van der Waals surface area contributed by atoms with Crippen molar-refractivity contribution in [2.75, 3.05) is 5.32 Å². The highest BCUT2D eigenvalue weighted by Crippen LogP contribution is 2.25. The number of hydrogen-bond donors (Lipinski definition) is 3. The molecular weight excluding hydrogens is 322 g/mol. The Labute approximate surface area is 143 Å². The number of fused-ring (bicyclic) bond motifs is 1. The predicted molar refractivity (Wildman–Crippen MR) is 92.3 cm³/mol. The lowest BCUT2D eigenvalue weighted by atomic mass is 10.1. The lowest BCUT2D eigenvalue weighted by Gasteiger charge is -2.15. The molecule has 25 heavy (non-hydrogen) atoms. The van der Waals surface area contributed by atoms with Crippen molar-refractivity contribution >= 4 is 28.7 Å². The lowest BCUT2D eigenvalue weighted by molar-refractivity contribution is -0.144. The number of nitrogens with zero attached hydrogens (tertiary/aromatic N) is 2. The molecule has 0 spiro atoms. The highest BCUT2D eigenvalue weighted by atomic mass is 16.4. The molecule has 126 valence electrons. The number of rotatable bonds is 6. The summed E-state index contributed by atoms with van der Waals surface area (Å²) in [4.78, 5) is 31.2. The molecule has 0 saturated heterocycles. The number of benzene rings is 2. The third kappa shape index (κ3) is 3.72. The number of para-hydroxylation sites is 1. The van der Waals surface area contributed by atoms with Crippen LogP contribution >= 0.6 is 0 Å². The molecule has 3 rings (SSSR count). The van der Waals surface area contributed by atoms with E-state index in [4.69, 9.17) is 5.11 Å². The molecule has 0 unspecified atom stereocenters. The van der Waals surface area contributed by atoms with E-state index in [9.17, 15) is 14.7 Å². The van der Waals surface area contributed by atoms with Crippen LogP contribution in [0.2, 0.25) is 0 Å². The van der Waals surface area contributed by atoms with Gasteiger partial charge in [0, 0.05) is 10.9 Å². The maximum absolute atomic E-state index is 11.4. The zero-order valence-electron chi connectivity index (χ0n) is 13.1. The fourth-order valence-electron chi connectivity index (χ4n) is 2.44. The highest BCUT2D eigenvalue weighted by Gasteiger charge is 2.22. The van der Waals surface area contributed by atoms with Crippen molar-refractivity contribution in [2.24, 2.45) is 0 Å². The fourth-order valence-corrected chi connectivity index (χ4v) is 2.44. The van der Waals surface area contributed by atoms with Crippen molar-refractivity contribution in [1.29, 1.82) is 0 Å². The second kappa shape index (κ2) is 6.96. The molecule has 0 radical (unpaired) electrons. The van der Waals surface area contributed by atoms with E-state index in [1.165, 1.54) is 0 Å². The summed E-state index contributed by atoms with van der Waals surface area (Å²) in [6.45, 7) is 0. The minimum atomic E-state index is -1.29. The average Bonchev–Trinajstić information content (AvgIpc) is 2.61. The van der Waals surface area contributed by atoms with E-state index in [0.717, 1.165) is 5.56 Å². The maximum atomic E-state index is 11.4. The van der Waals surface area contributed by atoms with Crippen LogP contribution in [0, 0.1) is 0 Å². The summed E-state index contributed by atoms with van der Waals surface area (Å²) in [5.74, 6) is -1.74. The van der Waals surface area contributed by atoms with Crippen LogP contribution in [0.15, 0.2) is 54.6 Å². The van der Waals surface area contributed by atoms with Gasteiger partial charge in [-0.3, -0.25) is 4.79 Å². The van der Waals surface area contributed by atoms with Crippen LogP contribution in [0.3, 0.4) is 0 Å². The van der Waals surface area contributed by atoms with Crippen LogP contribution in [-0.2, 0) is 9.59 Å². The van der Waals surface area contributed by atoms with Gasteiger partial charge in [0.05, 0.1) is 11.9 Å². The molecule has 0 bridgehead atoms. The average molecular weight is 337 g/mol. The number of carboxylic acids is 2. The zero-order valence-corrected chi connectivity index (χ0v) is 13.1. The monoisotopic (exact) mass is 337 g/mol. The normalized spacial score (nSPS) is 11.8. The van der Waals surface area contributed by atoms with Gasteiger partial charge < -0.3 is 15.5 Å². The van der Waals surface area contributed by atoms with Crippen LogP contribution in [0.4, 0.5) is 5.82 Å². The quantitative estimate of drug-likeness (QED) is 0.634. The molecule has 0 aliphatic heterocycles. The number of anilines is 1. The van der Waals surface area contributed by atoms with E-state index in [2.05, 4.69) is 15.3 Å². The topological polar surface area (TPSA) is 112 Å². The van der Waals surface area contributed by atoms with Crippen molar-refractivity contribution in [3.05, 3.63) is 54.6 Å². The van der Waals surface area contributed by atoms with Crippen LogP contribution < -0.4 is 5.32 Å². The van der Waals surface area contributed by atoms with Gasteiger partial charge in [0.25, 0.3) is 0 Å². The Bertz CT molecular complexity index is 928. The van der Waals surface area contributed by atoms with Gasteiger partial charge >= 0.3 is 11.9 Å². The van der Waals surface area contributed by atoms with Crippen molar-refractivity contribution in [2.45, 2.75) is 12.5 Å². The molecule has 1 aromatic heterocycles. The molecule has 7 heteroatoms. The molecular formula is C18H15N3O4. The van der Waals surface area contributed by atoms with Crippen LogP contribution in [0.5, 0.6) is 0 Å². The first-order chi connectivity index (χ1) is 12.0. The van der Waals surface area contributed by atoms with E-state index in [0.29, 0.717) is 16.7 Å². The van der Waals surface area contributed by atoms with Crippen LogP contribution in [-0.4, -0.2) is 38.2 Å². The first-order valence-electron chi connectivity index (χ1n) is 7.58. The Hall–Kier alpha value is -3.48. The molecule has 7 nitrogen and oxygen atoms in total. The fraction of sp³-hybridized carbons (Fsp3) is 0.111. The summed E-state index contributed by atoms with van der Waals surface area (Å²) in [7, 11) is 0. The predicted octanol–water partition coefficient (Wildman–Crippen LogP) is 2.64. The van der Waals surface area contributed by atoms with Crippen molar-refractivity contribution < 1.29 is 19.8 Å². The Balaban J connectivity index is 2.09. The molecule has 0 aliphatic carbocycles. The minimum Gasteiger partial charge on any atom is -0.481 e. The third-order valence-electron chi connectivity index (χ3n) is 3.62. The van der Waals surface area contributed by atoms with Gasteiger partial charge in [-0.15, -0.1) is 0 Å². The molecule has 3 aromatic rings. The summed E-state index contributed by atoms with van der Waals surface area (Å²) in [6, 6.07) is 15.1. The standard InChI is InChI=1S/C18H15N3O4/c22-15(23)10-14(18(24)25)20-17-12-8-4-5-9-13(12)19-16(21-17)11-6-2-1-3-7-11/h1-9,14H,10H2,(H,22,23)(H,24,25)(H,19,20,21)/t14-/m0/s1. The van der Waals surface area contributed by atoms with Gasteiger partial charge in [-0.25, -0.2) is 14.8 Å². The number of hydrogen-bond acceptors (Lipinski definition) is 5. The lowest BCUT2D eigenvalue weighted by Crippen LogP contribution is -2.32. The summed E-state index contributed by atoms with van der Waals surface area (Å²) in [5, 5.41) is 21.5. The first kappa shape index (κ1) is 16.4. The van der Waals surface area contributed by atoms with Gasteiger partial charge in [-0.1, -0.05) is 42.5 Å². The summed E-state index contributed by atoms with van der Waals surface area (Å²) in [5.41, 5.74) is 1.42. The molecule has 3 N–H and O–H groups in total. The van der Waals surface area contributed by atoms with E-state index in [1.807, 2.05) is 36.4 Å². The summed E-state index contributed by atoms with van der Waals surface area (Å²) >= 11 is 0. The smallest absolute Gasteiger partial charge is 0.326 e. The second-order valence-electron chi connectivity index (χ2n) is 5.41. The third-order valence-corrected chi connectivity index (χ3v) is 3.62. The number of carboxylic acid groups (broad SMARTS) is 2. The molecule has 2 aromatic carbocycles. The van der Waals surface area contributed by atoms with E-state index in [-0.39, 0.29) is 5.82 Å². The van der Waals surface area contributed by atoms with Gasteiger partial charge in [0.2, 0.25) is 0 Å².